The van der Waals surface area contributed by atoms with Gasteiger partial charge in [0.05, 0.1) is 6.61 Å². The van der Waals surface area contributed by atoms with Gasteiger partial charge in [0, 0.05) is 6.54 Å². The number of unbranched alkanes of at least 4 members (excludes halogenated alkanes) is 11. The lowest BCUT2D eigenvalue weighted by Gasteiger charge is -2.01. The van der Waals surface area contributed by atoms with E-state index in [1.807, 2.05) is 6.20 Å². The number of hydrogen-bond acceptors (Lipinski definition) is 2. The van der Waals surface area contributed by atoms with Crippen LogP contribution in [0.2, 0.25) is 0 Å². The zero-order valence-corrected chi connectivity index (χ0v) is 13.0. The third-order valence-electron chi connectivity index (χ3n) is 3.47. The normalized spacial score (nSPS) is 11.3. The van der Waals surface area contributed by atoms with Crippen LogP contribution in [-0.4, -0.2) is 18.3 Å². The molecule has 0 atom stereocenters. The molecule has 0 fully saturated rings. The SMILES string of the molecule is CCCCCCCCCCCCCC=CNCCO. The molecule has 0 amide bonds. The molecule has 0 bridgehead atoms. The van der Waals surface area contributed by atoms with E-state index >= 15 is 0 Å². The van der Waals surface area contributed by atoms with Crippen LogP contribution >= 0.6 is 0 Å². The van der Waals surface area contributed by atoms with Crippen LogP contribution in [0, 0.1) is 0 Å². The first-order valence-corrected chi connectivity index (χ1v) is 8.41. The fourth-order valence-corrected chi connectivity index (χ4v) is 2.24. The van der Waals surface area contributed by atoms with Crippen molar-refractivity contribution < 1.29 is 5.11 Å². The van der Waals surface area contributed by atoms with Gasteiger partial charge >= 0.3 is 0 Å². The molecule has 0 spiro atoms. The Bertz CT molecular complexity index is 180. The van der Waals surface area contributed by atoms with Gasteiger partial charge in [0.15, 0.2) is 0 Å². The van der Waals surface area contributed by atoms with Crippen molar-refractivity contribution in [2.24, 2.45) is 0 Å². The van der Waals surface area contributed by atoms with E-state index in [9.17, 15) is 0 Å². The third kappa shape index (κ3) is 17.5. The molecule has 0 aromatic heterocycles. The smallest absolute Gasteiger partial charge is 0.0603 e. The highest BCUT2D eigenvalue weighted by molar-refractivity contribution is 4.78. The summed E-state index contributed by atoms with van der Waals surface area (Å²) >= 11 is 0. The summed E-state index contributed by atoms with van der Waals surface area (Å²) in [5.74, 6) is 0. The minimum atomic E-state index is 0.211. The third-order valence-corrected chi connectivity index (χ3v) is 3.47. The van der Waals surface area contributed by atoms with Crippen molar-refractivity contribution in [1.82, 2.24) is 5.32 Å². The van der Waals surface area contributed by atoms with Crippen LogP contribution in [0.1, 0.15) is 84.0 Å². The summed E-state index contributed by atoms with van der Waals surface area (Å²) in [5.41, 5.74) is 0. The first-order chi connectivity index (χ1) is 9.41. The van der Waals surface area contributed by atoms with E-state index in [0.29, 0.717) is 6.54 Å². The Kier molecular flexibility index (Phi) is 17.0. The van der Waals surface area contributed by atoms with E-state index in [0.717, 1.165) is 6.42 Å². The number of aliphatic hydroxyl groups is 1. The van der Waals surface area contributed by atoms with Crippen molar-refractivity contribution in [3.05, 3.63) is 12.3 Å². The minimum Gasteiger partial charge on any atom is -0.395 e. The van der Waals surface area contributed by atoms with Gasteiger partial charge in [0.2, 0.25) is 0 Å². The number of hydrogen-bond donors (Lipinski definition) is 2. The van der Waals surface area contributed by atoms with Crippen molar-refractivity contribution in [1.29, 1.82) is 0 Å². The Hall–Kier alpha value is -0.500. The predicted molar refractivity (Wildman–Crippen MR) is 85.3 cm³/mol. The molecule has 0 rings (SSSR count). The quantitative estimate of drug-likeness (QED) is 0.419. The van der Waals surface area contributed by atoms with E-state index in [1.165, 1.54) is 70.6 Å². The molecule has 0 aliphatic heterocycles. The Morgan fingerprint density at radius 2 is 1.32 bits per heavy atom. The summed E-state index contributed by atoms with van der Waals surface area (Å²) in [5, 5.41) is 11.6. The van der Waals surface area contributed by atoms with Gasteiger partial charge < -0.3 is 10.4 Å². The number of rotatable bonds is 15. The fraction of sp³-hybridized carbons (Fsp3) is 0.882. The molecule has 0 aliphatic carbocycles. The lowest BCUT2D eigenvalue weighted by atomic mass is 10.1. The minimum absolute atomic E-state index is 0.211. The maximum Gasteiger partial charge on any atom is 0.0603 e. The highest BCUT2D eigenvalue weighted by atomic mass is 16.3. The number of nitrogens with one attached hydrogen (secondary N) is 1. The van der Waals surface area contributed by atoms with Gasteiger partial charge in [0.1, 0.15) is 0 Å². The molecule has 0 aromatic carbocycles. The highest BCUT2D eigenvalue weighted by Gasteiger charge is 1.92. The van der Waals surface area contributed by atoms with Crippen molar-refractivity contribution in [3.8, 4) is 0 Å². The molecule has 2 heteroatoms. The van der Waals surface area contributed by atoms with Crippen LogP contribution in [0.15, 0.2) is 12.3 Å². The van der Waals surface area contributed by atoms with Crippen molar-refractivity contribution in [2.45, 2.75) is 84.0 Å². The molecule has 2 N–H and O–H groups in total. The van der Waals surface area contributed by atoms with E-state index in [4.69, 9.17) is 5.11 Å². The van der Waals surface area contributed by atoms with Crippen LogP contribution in [-0.2, 0) is 0 Å². The second-order valence-corrected chi connectivity index (χ2v) is 5.40. The van der Waals surface area contributed by atoms with Gasteiger partial charge in [-0.15, -0.1) is 0 Å². The van der Waals surface area contributed by atoms with Gasteiger partial charge in [-0.1, -0.05) is 77.2 Å². The topological polar surface area (TPSA) is 32.3 Å². The monoisotopic (exact) mass is 269 g/mol. The standard InChI is InChI=1S/C17H35NO/c1-2-3-4-5-6-7-8-9-10-11-12-13-14-15-18-16-17-19/h14-15,18-19H,2-13,16-17H2,1H3. The molecule has 0 unspecified atom stereocenters. The van der Waals surface area contributed by atoms with E-state index < -0.39 is 0 Å². The van der Waals surface area contributed by atoms with Crippen LogP contribution in [0.25, 0.3) is 0 Å². The summed E-state index contributed by atoms with van der Waals surface area (Å²) in [4.78, 5) is 0. The zero-order valence-electron chi connectivity index (χ0n) is 13.0. The number of aliphatic hydroxyl groups excluding tert-OH is 1. The van der Waals surface area contributed by atoms with Gasteiger partial charge in [-0.2, -0.15) is 0 Å². The molecule has 114 valence electrons. The molecule has 0 heterocycles. The van der Waals surface area contributed by atoms with Crippen molar-refractivity contribution >= 4 is 0 Å². The van der Waals surface area contributed by atoms with E-state index in [1.54, 1.807) is 0 Å². The summed E-state index contributed by atoms with van der Waals surface area (Å²) in [6, 6.07) is 0. The Morgan fingerprint density at radius 1 is 0.789 bits per heavy atom. The second kappa shape index (κ2) is 17.5. The van der Waals surface area contributed by atoms with Crippen LogP contribution in [0.3, 0.4) is 0 Å². The molecule has 0 saturated carbocycles. The largest absolute Gasteiger partial charge is 0.395 e. The lowest BCUT2D eigenvalue weighted by molar-refractivity contribution is 0.298. The second-order valence-electron chi connectivity index (χ2n) is 5.40. The molecular weight excluding hydrogens is 234 g/mol. The average Bonchev–Trinajstić information content (AvgIpc) is 2.43. The van der Waals surface area contributed by atoms with Crippen molar-refractivity contribution in [2.75, 3.05) is 13.2 Å². The van der Waals surface area contributed by atoms with Crippen LogP contribution in [0.4, 0.5) is 0 Å². The van der Waals surface area contributed by atoms with E-state index in [2.05, 4.69) is 18.3 Å². The van der Waals surface area contributed by atoms with Crippen LogP contribution in [0.5, 0.6) is 0 Å². The molecule has 0 saturated heterocycles. The number of allylic oxidation sites excluding steroid dienone is 1. The first kappa shape index (κ1) is 18.5. The Balaban J connectivity index is 2.97. The van der Waals surface area contributed by atoms with E-state index in [-0.39, 0.29) is 6.61 Å². The first-order valence-electron chi connectivity index (χ1n) is 8.41. The molecule has 19 heavy (non-hydrogen) atoms. The van der Waals surface area contributed by atoms with Crippen LogP contribution < -0.4 is 5.32 Å². The highest BCUT2D eigenvalue weighted by Crippen LogP contribution is 2.11. The maximum absolute atomic E-state index is 8.57. The lowest BCUT2D eigenvalue weighted by Crippen LogP contribution is -2.10. The Morgan fingerprint density at radius 3 is 1.84 bits per heavy atom. The van der Waals surface area contributed by atoms with Gasteiger partial charge in [-0.05, 0) is 19.0 Å². The summed E-state index contributed by atoms with van der Waals surface area (Å²) in [6.45, 7) is 3.15. The molecule has 0 radical (unpaired) electrons. The zero-order chi connectivity index (χ0) is 14.0. The summed E-state index contributed by atoms with van der Waals surface area (Å²) < 4.78 is 0. The molecule has 2 nitrogen and oxygen atoms in total. The summed E-state index contributed by atoms with van der Waals surface area (Å²) in [6.07, 6.45) is 20.7. The van der Waals surface area contributed by atoms with Crippen molar-refractivity contribution in [3.63, 3.8) is 0 Å². The molecule has 0 aliphatic rings. The fourth-order valence-electron chi connectivity index (χ4n) is 2.24. The Labute approximate surface area is 120 Å². The molecular formula is C17H35NO. The average molecular weight is 269 g/mol. The maximum atomic E-state index is 8.57. The predicted octanol–water partition coefficient (Wildman–Crippen LogP) is 4.78. The van der Waals surface area contributed by atoms with Gasteiger partial charge in [-0.25, -0.2) is 0 Å². The van der Waals surface area contributed by atoms with Gasteiger partial charge in [0.25, 0.3) is 0 Å². The molecule has 0 aromatic rings. The summed E-state index contributed by atoms with van der Waals surface area (Å²) in [7, 11) is 0. The van der Waals surface area contributed by atoms with Gasteiger partial charge in [-0.3, -0.25) is 0 Å².